The van der Waals surface area contributed by atoms with E-state index < -0.39 is 29.9 Å². The van der Waals surface area contributed by atoms with Crippen molar-refractivity contribution in [3.63, 3.8) is 0 Å². The fraction of sp³-hybridized carbons (Fsp3) is 0.560. The highest BCUT2D eigenvalue weighted by molar-refractivity contribution is 5.92. The van der Waals surface area contributed by atoms with Crippen molar-refractivity contribution in [2.45, 2.75) is 38.6 Å². The number of carboxylic acid groups (broad SMARTS) is 1. The van der Waals surface area contributed by atoms with Gasteiger partial charge in [-0.05, 0) is 32.9 Å². The molecule has 2 amide bonds. The molecule has 0 spiro atoms. The lowest BCUT2D eigenvalue weighted by molar-refractivity contribution is -0.192. The monoisotopic (exact) mass is 587 g/mol. The summed E-state index contributed by atoms with van der Waals surface area (Å²) in [5.74, 6) is -2.44. The molecular formula is C25H32F3N5O8. The number of piperazine rings is 1. The lowest BCUT2D eigenvalue weighted by Gasteiger charge is -2.41. The molecule has 0 bridgehead atoms. The van der Waals surface area contributed by atoms with Crippen LogP contribution in [0.1, 0.15) is 31.3 Å². The maximum Gasteiger partial charge on any atom is 0.490 e. The molecule has 41 heavy (non-hydrogen) atoms. The second kappa shape index (κ2) is 13.5. The Hall–Kier alpha value is -4.08. The summed E-state index contributed by atoms with van der Waals surface area (Å²) in [6.07, 6.45) is -0.856. The molecule has 0 radical (unpaired) electrons. The van der Waals surface area contributed by atoms with Gasteiger partial charge in [0.2, 0.25) is 0 Å². The van der Waals surface area contributed by atoms with Gasteiger partial charge in [-0.25, -0.2) is 9.59 Å². The molecule has 1 unspecified atom stereocenters. The first-order valence-electron chi connectivity index (χ1n) is 12.6. The van der Waals surface area contributed by atoms with E-state index in [1.165, 1.54) is 6.26 Å². The van der Waals surface area contributed by atoms with Crippen LogP contribution in [-0.2, 0) is 14.3 Å². The summed E-state index contributed by atoms with van der Waals surface area (Å²) in [6.45, 7) is 9.09. The first-order chi connectivity index (χ1) is 19.2. The van der Waals surface area contributed by atoms with Gasteiger partial charge in [0.05, 0.1) is 25.5 Å². The Labute approximate surface area is 233 Å². The molecule has 4 heterocycles. The smallest absolute Gasteiger partial charge is 0.490 e. The fourth-order valence-electron chi connectivity index (χ4n) is 3.79. The summed E-state index contributed by atoms with van der Waals surface area (Å²) in [7, 11) is 0. The van der Waals surface area contributed by atoms with E-state index in [0.717, 1.165) is 0 Å². The number of anilines is 1. The zero-order valence-corrected chi connectivity index (χ0v) is 22.8. The van der Waals surface area contributed by atoms with Gasteiger partial charge in [-0.1, -0.05) is 0 Å². The molecule has 1 N–H and O–H groups in total. The standard InChI is InChI=1S/C23H31N5O6.C2HF3O2/c1-23(2,3)34-22(30)27-7-8-28(17(14-27)15-32-18-5-4-6-24-13-18)20(29)19-16-33-21(25-19)26-9-11-31-12-10-26;3-2(4,5)1(6)7/h4-6,13,16-17H,7-12,14-15H2,1-3H3;(H,6,7). The highest BCUT2D eigenvalue weighted by Crippen LogP contribution is 2.21. The number of alkyl halides is 3. The number of nitrogens with zero attached hydrogens (tertiary/aromatic N) is 5. The predicted molar refractivity (Wildman–Crippen MR) is 136 cm³/mol. The van der Waals surface area contributed by atoms with Crippen LogP contribution in [0.3, 0.4) is 0 Å². The maximum atomic E-state index is 13.4. The average Bonchev–Trinajstić information content (AvgIpc) is 3.42. The Bertz CT molecular complexity index is 1170. The van der Waals surface area contributed by atoms with Crippen LogP contribution in [0.4, 0.5) is 24.0 Å². The second-order valence-electron chi connectivity index (χ2n) is 10.00. The van der Waals surface area contributed by atoms with Crippen molar-refractivity contribution >= 4 is 24.0 Å². The molecular weight excluding hydrogens is 555 g/mol. The third-order valence-corrected chi connectivity index (χ3v) is 5.71. The third-order valence-electron chi connectivity index (χ3n) is 5.71. The van der Waals surface area contributed by atoms with Crippen molar-refractivity contribution in [3.05, 3.63) is 36.5 Å². The number of rotatable bonds is 5. The van der Waals surface area contributed by atoms with E-state index in [0.29, 0.717) is 51.2 Å². The van der Waals surface area contributed by atoms with Gasteiger partial charge in [0.1, 0.15) is 24.2 Å². The maximum absolute atomic E-state index is 13.4. The largest absolute Gasteiger partial charge is 0.490 e. The summed E-state index contributed by atoms with van der Waals surface area (Å²) < 4.78 is 54.1. The molecule has 2 fully saturated rings. The van der Waals surface area contributed by atoms with Crippen LogP contribution in [0.5, 0.6) is 5.75 Å². The predicted octanol–water partition coefficient (Wildman–Crippen LogP) is 2.68. The first-order valence-corrected chi connectivity index (χ1v) is 12.6. The number of ether oxygens (including phenoxy) is 3. The molecule has 2 aliphatic rings. The van der Waals surface area contributed by atoms with E-state index in [2.05, 4.69) is 9.97 Å². The molecule has 2 aromatic rings. The summed E-state index contributed by atoms with van der Waals surface area (Å²) in [5.41, 5.74) is -0.388. The number of halogens is 3. The molecule has 2 aromatic heterocycles. The van der Waals surface area contributed by atoms with Crippen molar-refractivity contribution < 1.29 is 51.3 Å². The normalized spacial score (nSPS) is 17.8. The Morgan fingerprint density at radius 1 is 1.12 bits per heavy atom. The average molecular weight is 588 g/mol. The van der Waals surface area contributed by atoms with Gasteiger partial charge in [0, 0.05) is 38.9 Å². The minimum absolute atomic E-state index is 0.185. The number of carboxylic acids is 1. The van der Waals surface area contributed by atoms with Crippen LogP contribution in [-0.4, -0.2) is 113 Å². The van der Waals surface area contributed by atoms with Crippen LogP contribution in [0, 0.1) is 0 Å². The lowest BCUT2D eigenvalue weighted by atomic mass is 10.1. The van der Waals surface area contributed by atoms with Gasteiger partial charge in [-0.15, -0.1) is 0 Å². The van der Waals surface area contributed by atoms with E-state index in [1.54, 1.807) is 34.3 Å². The van der Waals surface area contributed by atoms with E-state index >= 15 is 0 Å². The Morgan fingerprint density at radius 3 is 2.39 bits per heavy atom. The van der Waals surface area contributed by atoms with Gasteiger partial charge in [-0.3, -0.25) is 9.78 Å². The summed E-state index contributed by atoms with van der Waals surface area (Å²) in [6, 6.07) is 3.56. The van der Waals surface area contributed by atoms with E-state index in [1.807, 2.05) is 25.7 Å². The Balaban J connectivity index is 0.000000587. The number of carbonyl (C=O) groups is 3. The summed E-state index contributed by atoms with van der Waals surface area (Å²) >= 11 is 0. The number of aromatic nitrogens is 2. The van der Waals surface area contributed by atoms with E-state index in [-0.39, 0.29) is 24.8 Å². The minimum atomic E-state index is -5.08. The van der Waals surface area contributed by atoms with Crippen molar-refractivity contribution in [1.29, 1.82) is 0 Å². The Kier molecular flexibility index (Phi) is 10.4. The highest BCUT2D eigenvalue weighted by Gasteiger charge is 2.38. The molecule has 1 atom stereocenters. The van der Waals surface area contributed by atoms with Crippen molar-refractivity contribution in [2.24, 2.45) is 0 Å². The fourth-order valence-corrected chi connectivity index (χ4v) is 3.79. The molecule has 2 saturated heterocycles. The van der Waals surface area contributed by atoms with Crippen LogP contribution < -0.4 is 9.64 Å². The number of hydrogen-bond acceptors (Lipinski definition) is 10. The number of hydrogen-bond donors (Lipinski definition) is 1. The van der Waals surface area contributed by atoms with Crippen LogP contribution in [0.2, 0.25) is 0 Å². The number of carbonyl (C=O) groups excluding carboxylic acids is 2. The molecule has 2 aliphatic heterocycles. The molecule has 226 valence electrons. The molecule has 16 heteroatoms. The van der Waals surface area contributed by atoms with Gasteiger partial charge < -0.3 is 38.4 Å². The number of amides is 2. The Morgan fingerprint density at radius 2 is 1.80 bits per heavy atom. The quantitative estimate of drug-likeness (QED) is 0.551. The zero-order valence-electron chi connectivity index (χ0n) is 22.8. The van der Waals surface area contributed by atoms with E-state index in [9.17, 15) is 22.8 Å². The lowest BCUT2D eigenvalue weighted by Crippen LogP contribution is -2.59. The first kappa shape index (κ1) is 31.4. The summed E-state index contributed by atoms with van der Waals surface area (Å²) in [5, 5.41) is 7.12. The van der Waals surface area contributed by atoms with Gasteiger partial charge in [0.15, 0.2) is 5.69 Å². The molecule has 13 nitrogen and oxygen atoms in total. The van der Waals surface area contributed by atoms with Gasteiger partial charge >= 0.3 is 18.2 Å². The summed E-state index contributed by atoms with van der Waals surface area (Å²) in [4.78, 5) is 48.6. The number of morpholine rings is 1. The molecule has 0 aliphatic carbocycles. The van der Waals surface area contributed by atoms with Crippen LogP contribution in [0.25, 0.3) is 0 Å². The van der Waals surface area contributed by atoms with Crippen LogP contribution >= 0.6 is 0 Å². The third kappa shape index (κ3) is 9.51. The zero-order chi connectivity index (χ0) is 30.2. The SMILES string of the molecule is CC(C)(C)OC(=O)N1CCN(C(=O)c2coc(N3CCOCC3)n2)C(COc2cccnc2)C1.O=C(O)C(F)(F)F. The number of pyridine rings is 1. The molecule has 0 aromatic carbocycles. The van der Waals surface area contributed by atoms with Crippen molar-refractivity contribution in [2.75, 3.05) is 57.4 Å². The van der Waals surface area contributed by atoms with Crippen LogP contribution in [0.15, 0.2) is 35.2 Å². The van der Waals surface area contributed by atoms with Crippen molar-refractivity contribution in [3.8, 4) is 5.75 Å². The minimum Gasteiger partial charge on any atom is -0.490 e. The second-order valence-corrected chi connectivity index (χ2v) is 10.00. The van der Waals surface area contributed by atoms with E-state index in [4.69, 9.17) is 28.5 Å². The number of aliphatic carboxylic acids is 1. The number of oxazole rings is 1. The molecule has 4 rings (SSSR count). The highest BCUT2D eigenvalue weighted by atomic mass is 19.4. The van der Waals surface area contributed by atoms with Gasteiger partial charge in [-0.2, -0.15) is 18.2 Å². The van der Waals surface area contributed by atoms with Gasteiger partial charge in [0.25, 0.3) is 11.9 Å². The molecule has 0 saturated carbocycles. The van der Waals surface area contributed by atoms with Crippen molar-refractivity contribution in [1.82, 2.24) is 19.8 Å². The topological polar surface area (TPSA) is 148 Å².